The Morgan fingerprint density at radius 3 is 2.25 bits per heavy atom. The van der Waals surface area contributed by atoms with Gasteiger partial charge in [-0.25, -0.2) is 0 Å². The first-order valence-corrected chi connectivity index (χ1v) is 8.30. The monoisotopic (exact) mass is 276 g/mol. The van der Waals surface area contributed by atoms with Crippen molar-refractivity contribution >= 4 is 5.69 Å². The summed E-state index contributed by atoms with van der Waals surface area (Å²) in [5, 5.41) is 0. The summed E-state index contributed by atoms with van der Waals surface area (Å²) in [6, 6.07) is 8.69. The van der Waals surface area contributed by atoms with Crippen molar-refractivity contribution in [3.05, 3.63) is 29.8 Å². The maximum atomic E-state index is 5.68. The molecule has 2 heteroatoms. The average molecular weight is 276 g/mol. The van der Waals surface area contributed by atoms with E-state index in [9.17, 15) is 0 Å². The lowest BCUT2D eigenvalue weighted by atomic mass is 10.1. The fraction of sp³-hybridized carbons (Fsp3) is 0.667. The van der Waals surface area contributed by atoms with Crippen LogP contribution in [0.25, 0.3) is 0 Å². The van der Waals surface area contributed by atoms with E-state index in [1.807, 2.05) is 0 Å². The Morgan fingerprint density at radius 1 is 0.900 bits per heavy atom. The van der Waals surface area contributed by atoms with Gasteiger partial charge in [-0.1, -0.05) is 57.2 Å². The first kappa shape index (κ1) is 17.0. The van der Waals surface area contributed by atoms with Gasteiger partial charge in [-0.05, 0) is 37.9 Å². The molecule has 114 valence electrons. The van der Waals surface area contributed by atoms with Crippen molar-refractivity contribution < 1.29 is 0 Å². The average Bonchev–Trinajstić information content (AvgIpc) is 2.47. The van der Waals surface area contributed by atoms with Crippen molar-refractivity contribution in [3.8, 4) is 0 Å². The number of nitrogens with two attached hydrogens (primary N) is 1. The number of para-hydroxylation sites is 1. The molecular formula is C18H32N2. The molecular weight excluding hydrogens is 244 g/mol. The van der Waals surface area contributed by atoms with Gasteiger partial charge in [0.15, 0.2) is 0 Å². The number of benzene rings is 1. The van der Waals surface area contributed by atoms with Gasteiger partial charge in [0.2, 0.25) is 0 Å². The van der Waals surface area contributed by atoms with Crippen LogP contribution >= 0.6 is 0 Å². The Labute approximate surface area is 125 Å². The molecule has 0 heterocycles. The van der Waals surface area contributed by atoms with Gasteiger partial charge in [0.1, 0.15) is 0 Å². The number of hydrogen-bond donors (Lipinski definition) is 1. The predicted octanol–water partition coefficient (Wildman–Crippen LogP) is 4.51. The topological polar surface area (TPSA) is 29.3 Å². The standard InChI is InChI=1S/C18H32N2/c1-3-4-5-6-7-10-15-20(16-11-14-19)18-13-9-8-12-17(18)2/h8-9,12-13H,3-7,10-11,14-16,19H2,1-2H3. The normalized spacial score (nSPS) is 10.8. The predicted molar refractivity (Wildman–Crippen MR) is 90.4 cm³/mol. The fourth-order valence-corrected chi connectivity index (χ4v) is 2.64. The lowest BCUT2D eigenvalue weighted by Gasteiger charge is -2.26. The first-order chi connectivity index (χ1) is 9.79. The van der Waals surface area contributed by atoms with E-state index in [0.717, 1.165) is 26.1 Å². The maximum absolute atomic E-state index is 5.68. The quantitative estimate of drug-likeness (QED) is 0.602. The van der Waals surface area contributed by atoms with Crippen LogP contribution in [0.15, 0.2) is 24.3 Å². The van der Waals surface area contributed by atoms with Gasteiger partial charge in [-0.3, -0.25) is 0 Å². The second-order valence-corrected chi connectivity index (χ2v) is 5.68. The Hall–Kier alpha value is -1.02. The molecule has 0 aliphatic heterocycles. The molecule has 20 heavy (non-hydrogen) atoms. The Kier molecular flexibility index (Phi) is 9.14. The Bertz CT molecular complexity index is 349. The summed E-state index contributed by atoms with van der Waals surface area (Å²) in [4.78, 5) is 2.52. The fourth-order valence-electron chi connectivity index (χ4n) is 2.64. The van der Waals surface area contributed by atoms with Crippen LogP contribution in [-0.4, -0.2) is 19.6 Å². The summed E-state index contributed by atoms with van der Waals surface area (Å²) < 4.78 is 0. The molecule has 0 atom stereocenters. The van der Waals surface area contributed by atoms with Gasteiger partial charge in [0.05, 0.1) is 0 Å². The summed E-state index contributed by atoms with van der Waals surface area (Å²) >= 11 is 0. The van der Waals surface area contributed by atoms with Gasteiger partial charge in [-0.2, -0.15) is 0 Å². The molecule has 0 aliphatic rings. The van der Waals surface area contributed by atoms with Crippen LogP contribution in [0.4, 0.5) is 5.69 Å². The first-order valence-electron chi connectivity index (χ1n) is 8.30. The van der Waals surface area contributed by atoms with Crippen molar-refractivity contribution in [2.75, 3.05) is 24.5 Å². The van der Waals surface area contributed by atoms with E-state index in [2.05, 4.69) is 43.0 Å². The highest BCUT2D eigenvalue weighted by atomic mass is 15.1. The Balaban J connectivity index is 2.42. The smallest absolute Gasteiger partial charge is 0.0395 e. The Morgan fingerprint density at radius 2 is 1.55 bits per heavy atom. The largest absolute Gasteiger partial charge is 0.371 e. The molecule has 0 aromatic heterocycles. The van der Waals surface area contributed by atoms with Gasteiger partial charge >= 0.3 is 0 Å². The zero-order chi connectivity index (χ0) is 14.6. The number of hydrogen-bond acceptors (Lipinski definition) is 2. The van der Waals surface area contributed by atoms with Gasteiger partial charge in [0, 0.05) is 18.8 Å². The third-order valence-corrected chi connectivity index (χ3v) is 3.87. The molecule has 0 bridgehead atoms. The zero-order valence-corrected chi connectivity index (χ0v) is 13.4. The van der Waals surface area contributed by atoms with Crippen LogP contribution in [0.3, 0.4) is 0 Å². The van der Waals surface area contributed by atoms with Crippen LogP contribution in [0, 0.1) is 6.92 Å². The van der Waals surface area contributed by atoms with Crippen molar-refractivity contribution in [2.24, 2.45) is 5.73 Å². The van der Waals surface area contributed by atoms with Crippen LogP contribution in [0.2, 0.25) is 0 Å². The van der Waals surface area contributed by atoms with Gasteiger partial charge < -0.3 is 10.6 Å². The van der Waals surface area contributed by atoms with Crippen LogP contribution < -0.4 is 10.6 Å². The summed E-state index contributed by atoms with van der Waals surface area (Å²) in [6.45, 7) is 7.49. The SMILES string of the molecule is CCCCCCCCN(CCCN)c1ccccc1C. The third-order valence-electron chi connectivity index (χ3n) is 3.87. The van der Waals surface area contributed by atoms with Gasteiger partial charge in [-0.15, -0.1) is 0 Å². The second kappa shape index (κ2) is 10.7. The summed E-state index contributed by atoms with van der Waals surface area (Å²) in [6.07, 6.45) is 9.20. The van der Waals surface area contributed by atoms with E-state index in [-0.39, 0.29) is 0 Å². The van der Waals surface area contributed by atoms with E-state index in [1.165, 1.54) is 49.8 Å². The zero-order valence-electron chi connectivity index (χ0n) is 13.4. The number of unbranched alkanes of at least 4 members (excludes halogenated alkanes) is 5. The van der Waals surface area contributed by atoms with Crippen molar-refractivity contribution in [1.82, 2.24) is 0 Å². The van der Waals surface area contributed by atoms with E-state index in [4.69, 9.17) is 5.73 Å². The summed E-state index contributed by atoms with van der Waals surface area (Å²) in [7, 11) is 0. The molecule has 0 radical (unpaired) electrons. The minimum absolute atomic E-state index is 0.777. The molecule has 1 aromatic carbocycles. The maximum Gasteiger partial charge on any atom is 0.0395 e. The van der Waals surface area contributed by atoms with Crippen molar-refractivity contribution in [1.29, 1.82) is 0 Å². The lowest BCUT2D eigenvalue weighted by molar-refractivity contribution is 0.594. The third kappa shape index (κ3) is 6.42. The number of anilines is 1. The molecule has 0 saturated carbocycles. The summed E-state index contributed by atoms with van der Waals surface area (Å²) in [5.74, 6) is 0. The van der Waals surface area contributed by atoms with Crippen molar-refractivity contribution in [2.45, 2.75) is 58.8 Å². The minimum Gasteiger partial charge on any atom is -0.371 e. The molecule has 1 aromatic rings. The molecule has 0 aliphatic carbocycles. The second-order valence-electron chi connectivity index (χ2n) is 5.68. The van der Waals surface area contributed by atoms with Crippen LogP contribution in [0.1, 0.15) is 57.4 Å². The van der Waals surface area contributed by atoms with Crippen LogP contribution in [-0.2, 0) is 0 Å². The molecule has 0 amide bonds. The number of nitrogens with zero attached hydrogens (tertiary/aromatic N) is 1. The highest BCUT2D eigenvalue weighted by Crippen LogP contribution is 2.20. The lowest BCUT2D eigenvalue weighted by Crippen LogP contribution is -2.27. The molecule has 0 spiro atoms. The molecule has 0 fully saturated rings. The van der Waals surface area contributed by atoms with Crippen molar-refractivity contribution in [3.63, 3.8) is 0 Å². The van der Waals surface area contributed by atoms with E-state index in [0.29, 0.717) is 0 Å². The summed E-state index contributed by atoms with van der Waals surface area (Å²) in [5.41, 5.74) is 8.43. The number of aryl methyl sites for hydroxylation is 1. The molecule has 0 unspecified atom stereocenters. The molecule has 1 rings (SSSR count). The highest BCUT2D eigenvalue weighted by molar-refractivity contribution is 5.52. The van der Waals surface area contributed by atoms with E-state index in [1.54, 1.807) is 0 Å². The minimum atomic E-state index is 0.777. The molecule has 2 nitrogen and oxygen atoms in total. The molecule has 2 N–H and O–H groups in total. The molecule has 0 saturated heterocycles. The van der Waals surface area contributed by atoms with Gasteiger partial charge in [0.25, 0.3) is 0 Å². The van der Waals surface area contributed by atoms with E-state index >= 15 is 0 Å². The van der Waals surface area contributed by atoms with E-state index < -0.39 is 0 Å². The number of rotatable bonds is 11. The highest BCUT2D eigenvalue weighted by Gasteiger charge is 2.07. The van der Waals surface area contributed by atoms with Crippen LogP contribution in [0.5, 0.6) is 0 Å².